The molecule has 0 aliphatic rings. The molecule has 2 unspecified atom stereocenters. The number of aromatic nitrogens is 1. The standard InChI is InChI=1S/C15H20N2O/c1-3-14(16)15-10-13(17-18-15)9-11(2)12-7-5-4-6-8-12/h4-8,10-11,14H,3,9,16H2,1-2H3. The van der Waals surface area contributed by atoms with Gasteiger partial charge in [0.1, 0.15) is 0 Å². The van der Waals surface area contributed by atoms with Gasteiger partial charge >= 0.3 is 0 Å². The van der Waals surface area contributed by atoms with Crippen molar-refractivity contribution in [3.63, 3.8) is 0 Å². The Labute approximate surface area is 108 Å². The van der Waals surface area contributed by atoms with Crippen LogP contribution >= 0.6 is 0 Å². The highest BCUT2D eigenvalue weighted by Crippen LogP contribution is 2.22. The summed E-state index contributed by atoms with van der Waals surface area (Å²) in [6, 6.07) is 12.4. The van der Waals surface area contributed by atoms with E-state index in [4.69, 9.17) is 10.3 Å². The van der Waals surface area contributed by atoms with E-state index in [1.807, 2.05) is 19.1 Å². The number of benzene rings is 1. The highest BCUT2D eigenvalue weighted by Gasteiger charge is 2.13. The predicted octanol–water partition coefficient (Wildman–Crippen LogP) is 3.43. The monoisotopic (exact) mass is 244 g/mol. The third-order valence-corrected chi connectivity index (χ3v) is 3.27. The average molecular weight is 244 g/mol. The third-order valence-electron chi connectivity index (χ3n) is 3.27. The maximum Gasteiger partial charge on any atom is 0.153 e. The minimum atomic E-state index is -0.0433. The van der Waals surface area contributed by atoms with Gasteiger partial charge in [0.15, 0.2) is 5.76 Å². The van der Waals surface area contributed by atoms with E-state index in [-0.39, 0.29) is 6.04 Å². The summed E-state index contributed by atoms with van der Waals surface area (Å²) >= 11 is 0. The van der Waals surface area contributed by atoms with Crippen LogP contribution < -0.4 is 5.73 Å². The van der Waals surface area contributed by atoms with Gasteiger partial charge in [0, 0.05) is 6.07 Å². The molecule has 3 nitrogen and oxygen atoms in total. The van der Waals surface area contributed by atoms with Crippen molar-refractivity contribution in [1.29, 1.82) is 0 Å². The zero-order valence-electron chi connectivity index (χ0n) is 11.0. The van der Waals surface area contributed by atoms with Crippen molar-refractivity contribution >= 4 is 0 Å². The number of hydrogen-bond donors (Lipinski definition) is 1. The maximum atomic E-state index is 5.92. The smallest absolute Gasteiger partial charge is 0.153 e. The molecule has 0 aliphatic carbocycles. The van der Waals surface area contributed by atoms with Crippen molar-refractivity contribution < 1.29 is 4.52 Å². The molecule has 0 bridgehead atoms. The molecule has 3 heteroatoms. The van der Waals surface area contributed by atoms with Crippen LogP contribution in [0.25, 0.3) is 0 Å². The number of rotatable bonds is 5. The second-order valence-corrected chi connectivity index (χ2v) is 4.75. The third kappa shape index (κ3) is 2.99. The average Bonchev–Trinajstić information content (AvgIpc) is 2.87. The van der Waals surface area contributed by atoms with E-state index >= 15 is 0 Å². The van der Waals surface area contributed by atoms with Crippen LogP contribution in [0.3, 0.4) is 0 Å². The number of hydrogen-bond acceptors (Lipinski definition) is 3. The summed E-state index contributed by atoms with van der Waals surface area (Å²) in [5.41, 5.74) is 8.21. The number of nitrogens with zero attached hydrogens (tertiary/aromatic N) is 1. The summed E-state index contributed by atoms with van der Waals surface area (Å²) in [5, 5.41) is 4.10. The lowest BCUT2D eigenvalue weighted by atomic mass is 9.96. The second kappa shape index (κ2) is 5.83. The molecule has 0 amide bonds. The highest BCUT2D eigenvalue weighted by atomic mass is 16.5. The largest absolute Gasteiger partial charge is 0.359 e. The van der Waals surface area contributed by atoms with Gasteiger partial charge in [-0.2, -0.15) is 0 Å². The summed E-state index contributed by atoms with van der Waals surface area (Å²) in [6.07, 6.45) is 1.74. The van der Waals surface area contributed by atoms with Gasteiger partial charge < -0.3 is 10.3 Å². The van der Waals surface area contributed by atoms with Gasteiger partial charge in [-0.15, -0.1) is 0 Å². The van der Waals surface area contributed by atoms with Gasteiger partial charge in [-0.25, -0.2) is 0 Å². The first-order chi connectivity index (χ1) is 8.70. The Morgan fingerprint density at radius 2 is 2.00 bits per heavy atom. The molecule has 96 valence electrons. The summed E-state index contributed by atoms with van der Waals surface area (Å²) < 4.78 is 5.28. The zero-order valence-corrected chi connectivity index (χ0v) is 11.0. The van der Waals surface area contributed by atoms with Crippen molar-refractivity contribution in [3.05, 3.63) is 53.4 Å². The molecule has 0 aliphatic heterocycles. The first-order valence-corrected chi connectivity index (χ1v) is 6.46. The van der Waals surface area contributed by atoms with E-state index in [0.29, 0.717) is 5.92 Å². The molecule has 0 saturated carbocycles. The molecular formula is C15H20N2O. The van der Waals surface area contributed by atoms with Crippen molar-refractivity contribution in [2.24, 2.45) is 5.73 Å². The quantitative estimate of drug-likeness (QED) is 0.876. The number of nitrogens with two attached hydrogens (primary N) is 1. The molecule has 2 aromatic rings. The molecule has 0 saturated heterocycles. The molecule has 1 heterocycles. The zero-order chi connectivity index (χ0) is 13.0. The van der Waals surface area contributed by atoms with Crippen LogP contribution in [-0.4, -0.2) is 5.16 Å². The van der Waals surface area contributed by atoms with E-state index in [9.17, 15) is 0 Å². The SMILES string of the molecule is CCC(N)c1cc(CC(C)c2ccccc2)no1. The Morgan fingerprint density at radius 3 is 2.67 bits per heavy atom. The van der Waals surface area contributed by atoms with Crippen LogP contribution in [0.2, 0.25) is 0 Å². The van der Waals surface area contributed by atoms with E-state index in [2.05, 4.69) is 36.3 Å². The predicted molar refractivity (Wildman–Crippen MR) is 72.3 cm³/mol. The summed E-state index contributed by atoms with van der Waals surface area (Å²) in [4.78, 5) is 0. The van der Waals surface area contributed by atoms with Crippen LogP contribution in [0.15, 0.2) is 40.9 Å². The first kappa shape index (κ1) is 12.8. The van der Waals surface area contributed by atoms with Gasteiger partial charge in [0.2, 0.25) is 0 Å². The lowest BCUT2D eigenvalue weighted by Crippen LogP contribution is -2.07. The lowest BCUT2D eigenvalue weighted by molar-refractivity contribution is 0.353. The molecule has 2 atom stereocenters. The molecule has 0 spiro atoms. The second-order valence-electron chi connectivity index (χ2n) is 4.75. The molecule has 1 aromatic heterocycles. The van der Waals surface area contributed by atoms with E-state index in [1.54, 1.807) is 0 Å². The Kier molecular flexibility index (Phi) is 4.15. The first-order valence-electron chi connectivity index (χ1n) is 6.46. The topological polar surface area (TPSA) is 52.0 Å². The summed E-state index contributed by atoms with van der Waals surface area (Å²) in [7, 11) is 0. The maximum absolute atomic E-state index is 5.92. The van der Waals surface area contributed by atoms with Crippen LogP contribution in [0, 0.1) is 0 Å². The van der Waals surface area contributed by atoms with Gasteiger partial charge in [-0.1, -0.05) is 49.3 Å². The van der Waals surface area contributed by atoms with Crippen molar-refractivity contribution in [2.45, 2.75) is 38.6 Å². The molecule has 18 heavy (non-hydrogen) atoms. The Balaban J connectivity index is 2.03. The lowest BCUT2D eigenvalue weighted by Gasteiger charge is -2.09. The van der Waals surface area contributed by atoms with Gasteiger partial charge in [-0.3, -0.25) is 0 Å². The van der Waals surface area contributed by atoms with Gasteiger partial charge in [0.25, 0.3) is 0 Å². The van der Waals surface area contributed by atoms with Crippen molar-refractivity contribution in [1.82, 2.24) is 5.16 Å². The van der Waals surface area contributed by atoms with Crippen molar-refractivity contribution in [3.8, 4) is 0 Å². The Bertz CT molecular complexity index is 478. The van der Waals surface area contributed by atoms with E-state index < -0.39 is 0 Å². The fourth-order valence-electron chi connectivity index (χ4n) is 2.01. The molecule has 2 rings (SSSR count). The fourth-order valence-corrected chi connectivity index (χ4v) is 2.01. The van der Waals surface area contributed by atoms with E-state index in [0.717, 1.165) is 24.3 Å². The molecular weight excluding hydrogens is 224 g/mol. The minimum Gasteiger partial charge on any atom is -0.359 e. The molecule has 1 aromatic carbocycles. The summed E-state index contributed by atoms with van der Waals surface area (Å²) in [6.45, 7) is 4.24. The molecule has 2 N–H and O–H groups in total. The van der Waals surface area contributed by atoms with Crippen LogP contribution in [0.5, 0.6) is 0 Å². The molecule has 0 radical (unpaired) electrons. The molecule has 0 fully saturated rings. The summed E-state index contributed by atoms with van der Waals surface area (Å²) in [5.74, 6) is 1.22. The van der Waals surface area contributed by atoms with Gasteiger partial charge in [-0.05, 0) is 24.3 Å². The Morgan fingerprint density at radius 1 is 1.28 bits per heavy atom. The van der Waals surface area contributed by atoms with E-state index in [1.165, 1.54) is 5.56 Å². The van der Waals surface area contributed by atoms with Gasteiger partial charge in [0.05, 0.1) is 11.7 Å². The minimum absolute atomic E-state index is 0.0433. The van der Waals surface area contributed by atoms with Crippen molar-refractivity contribution in [2.75, 3.05) is 0 Å². The Hall–Kier alpha value is -1.61. The normalized spacial score (nSPS) is 14.4. The highest BCUT2D eigenvalue weighted by molar-refractivity contribution is 5.21. The van der Waals surface area contributed by atoms with Crippen LogP contribution in [0.1, 0.15) is 49.2 Å². The van der Waals surface area contributed by atoms with Crippen LogP contribution in [-0.2, 0) is 6.42 Å². The fraction of sp³-hybridized carbons (Fsp3) is 0.400. The van der Waals surface area contributed by atoms with Crippen LogP contribution in [0.4, 0.5) is 0 Å².